The van der Waals surface area contributed by atoms with E-state index in [1.165, 1.54) is 24.6 Å². The number of thiazole rings is 2. The number of methoxy groups -OCH3 is 1. The van der Waals surface area contributed by atoms with Gasteiger partial charge >= 0.3 is 12.2 Å². The van der Waals surface area contributed by atoms with Crippen LogP contribution in [0.1, 0.15) is 10.4 Å². The first-order valence-corrected chi connectivity index (χ1v) is 12.4. The number of halogens is 5. The van der Waals surface area contributed by atoms with E-state index < -0.39 is 36.3 Å². The Hall–Kier alpha value is -4.31. The summed E-state index contributed by atoms with van der Waals surface area (Å²) in [6.07, 6.45) is -4.59. The molecule has 2 aromatic carbocycles. The van der Waals surface area contributed by atoms with Crippen LogP contribution in [0.3, 0.4) is 0 Å². The molecule has 16 heteroatoms. The maximum Gasteiger partial charge on any atom is 0.405 e. The molecule has 3 amide bonds. The molecule has 0 spiro atoms. The highest BCUT2D eigenvalue weighted by Gasteiger charge is 2.28. The molecule has 39 heavy (non-hydrogen) atoms. The van der Waals surface area contributed by atoms with Gasteiger partial charge in [0.05, 0.1) is 18.5 Å². The first-order valence-electron chi connectivity index (χ1n) is 10.7. The first-order chi connectivity index (χ1) is 18.4. The van der Waals surface area contributed by atoms with Crippen LogP contribution in [0, 0.1) is 11.6 Å². The average Bonchev–Trinajstić information content (AvgIpc) is 3.50. The third kappa shape index (κ3) is 6.77. The highest BCUT2D eigenvalue weighted by Crippen LogP contribution is 2.39. The van der Waals surface area contributed by atoms with Gasteiger partial charge in [0, 0.05) is 22.6 Å². The van der Waals surface area contributed by atoms with Crippen LogP contribution in [0.5, 0.6) is 5.75 Å². The smallest absolute Gasteiger partial charge is 0.405 e. The second kappa shape index (κ2) is 11.2. The molecule has 2 heterocycles. The quantitative estimate of drug-likeness (QED) is 0.205. The lowest BCUT2D eigenvalue weighted by atomic mass is 10.1. The van der Waals surface area contributed by atoms with Crippen LogP contribution in [0.2, 0.25) is 0 Å². The Kier molecular flexibility index (Phi) is 7.96. The maximum atomic E-state index is 14.7. The minimum atomic E-state index is -4.59. The van der Waals surface area contributed by atoms with Crippen molar-refractivity contribution in [3.63, 3.8) is 0 Å². The molecule has 0 aliphatic heterocycles. The Bertz CT molecular complexity index is 1540. The van der Waals surface area contributed by atoms with Gasteiger partial charge in [-0.3, -0.25) is 10.1 Å². The summed E-state index contributed by atoms with van der Waals surface area (Å²) in [4.78, 5) is 32.8. The van der Waals surface area contributed by atoms with Crippen molar-refractivity contribution >= 4 is 51.2 Å². The molecular formula is C23H17F5N6O3S2. The van der Waals surface area contributed by atoms with E-state index in [9.17, 15) is 31.5 Å². The fraction of sp³-hybridized carbons (Fsp3) is 0.130. The summed E-state index contributed by atoms with van der Waals surface area (Å²) in [5.41, 5.74) is 5.75. The zero-order valence-electron chi connectivity index (χ0n) is 19.7. The Morgan fingerprint density at radius 2 is 1.85 bits per heavy atom. The lowest BCUT2D eigenvalue weighted by molar-refractivity contribution is -0.122. The molecule has 4 aromatic rings. The number of ether oxygens (including phenoxy) is 1. The molecule has 5 N–H and O–H groups in total. The number of nitrogens with two attached hydrogens (primary N) is 1. The standard InChI is InChI=1S/C23H17F5N6O3S2/c1-37-11-4-2-3-10(5-11)19(35)31-15-6-12(13(24)7-14(15)25)16-8-38-20(32-16)17-18(29)33-22(39-17)34-21(36)30-9-23(26,27)28/h2-8H,9,29H2,1H3,(H,31,35)(H2,30,33,34,36). The van der Waals surface area contributed by atoms with Crippen molar-refractivity contribution in [2.75, 3.05) is 30.0 Å². The van der Waals surface area contributed by atoms with Crippen LogP contribution in [-0.4, -0.2) is 41.7 Å². The number of hydrogen-bond donors (Lipinski definition) is 4. The van der Waals surface area contributed by atoms with E-state index in [4.69, 9.17) is 10.5 Å². The highest BCUT2D eigenvalue weighted by atomic mass is 32.1. The van der Waals surface area contributed by atoms with Gasteiger partial charge in [-0.1, -0.05) is 17.4 Å². The van der Waals surface area contributed by atoms with Crippen molar-refractivity contribution in [1.29, 1.82) is 0 Å². The Balaban J connectivity index is 1.54. The molecule has 0 radical (unpaired) electrons. The number of benzene rings is 2. The third-order valence-electron chi connectivity index (χ3n) is 4.93. The van der Waals surface area contributed by atoms with E-state index in [1.54, 1.807) is 17.4 Å². The Morgan fingerprint density at radius 1 is 1.08 bits per heavy atom. The largest absolute Gasteiger partial charge is 0.497 e. The Morgan fingerprint density at radius 3 is 2.56 bits per heavy atom. The SMILES string of the molecule is COc1cccc(C(=O)Nc2cc(-c3csc(-c4sc(NC(=O)NCC(F)(F)F)nc4N)n3)c(F)cc2F)c1. The lowest BCUT2D eigenvalue weighted by Gasteiger charge is -2.10. The van der Waals surface area contributed by atoms with Gasteiger partial charge in [0.1, 0.15) is 39.6 Å². The van der Waals surface area contributed by atoms with Crippen molar-refractivity contribution in [2.45, 2.75) is 6.18 Å². The summed E-state index contributed by atoms with van der Waals surface area (Å²) in [5.74, 6) is -2.25. The Labute approximate surface area is 224 Å². The van der Waals surface area contributed by atoms with E-state index >= 15 is 0 Å². The van der Waals surface area contributed by atoms with Gasteiger partial charge in [-0.2, -0.15) is 13.2 Å². The molecule has 0 aliphatic carbocycles. The number of carbonyl (C=O) groups is 2. The molecule has 0 fully saturated rings. The van der Waals surface area contributed by atoms with Crippen molar-refractivity contribution in [3.8, 4) is 26.9 Å². The molecule has 0 unspecified atom stereocenters. The van der Waals surface area contributed by atoms with E-state index in [1.807, 2.05) is 0 Å². The molecule has 4 rings (SSSR count). The van der Waals surface area contributed by atoms with E-state index in [0.717, 1.165) is 28.7 Å². The van der Waals surface area contributed by atoms with Crippen molar-refractivity contribution in [3.05, 3.63) is 59.0 Å². The summed E-state index contributed by atoms with van der Waals surface area (Å²) in [5, 5.41) is 7.82. The van der Waals surface area contributed by atoms with Crippen LogP contribution >= 0.6 is 22.7 Å². The minimum absolute atomic E-state index is 0.0714. The van der Waals surface area contributed by atoms with Crippen LogP contribution in [-0.2, 0) is 0 Å². The van der Waals surface area contributed by atoms with Crippen molar-refractivity contribution in [2.24, 2.45) is 0 Å². The predicted molar refractivity (Wildman–Crippen MR) is 137 cm³/mol. The highest BCUT2D eigenvalue weighted by molar-refractivity contribution is 7.23. The first kappa shape index (κ1) is 27.7. The number of hydrogen-bond acceptors (Lipinski definition) is 8. The van der Waals surface area contributed by atoms with Gasteiger partial charge in [0.25, 0.3) is 5.91 Å². The number of alkyl halides is 3. The number of nitrogen functional groups attached to an aromatic ring is 1. The third-order valence-corrected chi connectivity index (χ3v) is 6.92. The number of anilines is 3. The summed E-state index contributed by atoms with van der Waals surface area (Å²) in [6.45, 7) is -1.53. The van der Waals surface area contributed by atoms with Crippen LogP contribution in [0.25, 0.3) is 21.1 Å². The van der Waals surface area contributed by atoms with Crippen LogP contribution in [0.15, 0.2) is 41.8 Å². The van der Waals surface area contributed by atoms with Gasteiger partial charge < -0.3 is 21.1 Å². The topological polar surface area (TPSA) is 131 Å². The summed E-state index contributed by atoms with van der Waals surface area (Å²) in [7, 11) is 1.43. The molecule has 0 saturated heterocycles. The molecule has 0 bridgehead atoms. The van der Waals surface area contributed by atoms with E-state index in [2.05, 4.69) is 20.6 Å². The molecule has 9 nitrogen and oxygen atoms in total. The minimum Gasteiger partial charge on any atom is -0.497 e. The molecule has 0 atom stereocenters. The molecule has 2 aromatic heterocycles. The number of urea groups is 1. The fourth-order valence-electron chi connectivity index (χ4n) is 3.16. The number of nitrogens with zero attached hydrogens (tertiary/aromatic N) is 2. The van der Waals surface area contributed by atoms with Gasteiger partial charge in [-0.15, -0.1) is 11.3 Å². The van der Waals surface area contributed by atoms with Crippen LogP contribution < -0.4 is 26.4 Å². The maximum absolute atomic E-state index is 14.7. The normalized spacial score (nSPS) is 11.2. The number of carbonyl (C=O) groups excluding carboxylic acids is 2. The van der Waals surface area contributed by atoms with Crippen LogP contribution in [0.4, 0.5) is 43.4 Å². The summed E-state index contributed by atoms with van der Waals surface area (Å²) in [6, 6.07) is 6.73. The van der Waals surface area contributed by atoms with E-state index in [0.29, 0.717) is 11.8 Å². The molecule has 204 valence electrons. The van der Waals surface area contributed by atoms with Gasteiger partial charge in [0.15, 0.2) is 5.13 Å². The van der Waals surface area contributed by atoms with Crippen molar-refractivity contribution < 1.29 is 36.3 Å². The number of aromatic nitrogens is 2. The summed E-state index contributed by atoms with van der Waals surface area (Å²) < 4.78 is 71.1. The zero-order chi connectivity index (χ0) is 28.3. The van der Waals surface area contributed by atoms with Gasteiger partial charge in [-0.05, 0) is 24.3 Å². The van der Waals surface area contributed by atoms with Gasteiger partial charge in [-0.25, -0.2) is 23.5 Å². The predicted octanol–water partition coefficient (Wildman–Crippen LogP) is 5.74. The zero-order valence-corrected chi connectivity index (χ0v) is 21.3. The van der Waals surface area contributed by atoms with Crippen molar-refractivity contribution in [1.82, 2.24) is 15.3 Å². The monoisotopic (exact) mass is 584 g/mol. The average molecular weight is 585 g/mol. The van der Waals surface area contributed by atoms with Gasteiger partial charge in [0.2, 0.25) is 0 Å². The number of amides is 3. The molecular weight excluding hydrogens is 567 g/mol. The number of rotatable bonds is 7. The lowest BCUT2D eigenvalue weighted by Crippen LogP contribution is -2.36. The van der Waals surface area contributed by atoms with E-state index in [-0.39, 0.29) is 43.3 Å². The summed E-state index contributed by atoms with van der Waals surface area (Å²) >= 11 is 1.87. The number of nitrogens with one attached hydrogen (secondary N) is 3. The fourth-order valence-corrected chi connectivity index (χ4v) is 4.96. The second-order valence-electron chi connectivity index (χ2n) is 7.69. The molecule has 0 saturated carbocycles. The molecule has 0 aliphatic rings. The second-order valence-corrected chi connectivity index (χ2v) is 9.55.